The molecule has 12 bridgehead atoms. The molecule has 10 rings (SSSR count). The highest BCUT2D eigenvalue weighted by Crippen LogP contribution is 2.54. The van der Waals surface area contributed by atoms with E-state index in [0.717, 1.165) is 49.7 Å². The van der Waals surface area contributed by atoms with E-state index in [1.807, 2.05) is 0 Å². The van der Waals surface area contributed by atoms with Gasteiger partial charge < -0.3 is 52.8 Å². The van der Waals surface area contributed by atoms with Crippen molar-refractivity contribution in [2.24, 2.45) is 11.8 Å². The standard InChI is InChI=1S/C40H58O12/c1-19-11-24-5-7-28-20(2)12-26(45-28)9-10-40-17-33-36(51-40)37-38(50-33)39(52-40)35-29(49-37)8-6-25(47-35)13-22(42)14-27-31(16-30(46-24)21(19)3)48-32(34(27)44-4)15-23(43)18-41/h19,23-39,41,43H,2-3,5-18H2,1,4H3/t19-,23?,24+,25-,26?,27+,28+,29+,30?,31?,32-,33?,34-,35+,36+,37+,38-,39+,40+/m1/s1. The van der Waals surface area contributed by atoms with Crippen LogP contribution in [0.5, 0.6) is 0 Å². The number of ether oxygens (including phenoxy) is 9. The van der Waals surface area contributed by atoms with Crippen LogP contribution in [0.3, 0.4) is 0 Å². The van der Waals surface area contributed by atoms with E-state index in [1.54, 1.807) is 7.11 Å². The number of aliphatic hydroxyl groups excluding tert-OH is 2. The van der Waals surface area contributed by atoms with Gasteiger partial charge in [-0.25, -0.2) is 0 Å². The van der Waals surface area contributed by atoms with E-state index in [4.69, 9.17) is 42.6 Å². The fourth-order valence-corrected chi connectivity index (χ4v) is 11.3. The van der Waals surface area contributed by atoms with Crippen LogP contribution < -0.4 is 0 Å². The Bertz CT molecular complexity index is 1370. The van der Waals surface area contributed by atoms with Gasteiger partial charge in [0.15, 0.2) is 5.79 Å². The summed E-state index contributed by atoms with van der Waals surface area (Å²) in [6.45, 7) is 10.7. The molecule has 12 heteroatoms. The molecule has 1 spiro atoms. The molecule has 2 N–H and O–H groups in total. The van der Waals surface area contributed by atoms with Gasteiger partial charge in [-0.1, -0.05) is 20.1 Å². The van der Waals surface area contributed by atoms with Gasteiger partial charge in [-0.2, -0.15) is 0 Å². The molecule has 10 saturated heterocycles. The van der Waals surface area contributed by atoms with Crippen molar-refractivity contribution in [1.29, 1.82) is 0 Å². The number of ketones is 1. The second-order valence-corrected chi connectivity index (χ2v) is 17.4. The highest BCUT2D eigenvalue weighted by atomic mass is 16.8. The average Bonchev–Trinajstić information content (AvgIpc) is 3.79. The number of Topliss-reactive ketones (excluding diaryl/α,β-unsaturated/α-hetero) is 1. The number of carbonyl (C=O) groups excluding carboxylic acids is 1. The molecule has 0 aromatic heterocycles. The average molecular weight is 731 g/mol. The molecule has 0 saturated carbocycles. The Morgan fingerprint density at radius 2 is 1.54 bits per heavy atom. The van der Waals surface area contributed by atoms with Crippen molar-refractivity contribution in [3.8, 4) is 0 Å². The minimum atomic E-state index is -0.951. The van der Waals surface area contributed by atoms with Gasteiger partial charge in [0, 0.05) is 51.6 Å². The summed E-state index contributed by atoms with van der Waals surface area (Å²) in [5, 5.41) is 20.1. The summed E-state index contributed by atoms with van der Waals surface area (Å²) in [5.74, 6) is -0.709. The molecular weight excluding hydrogens is 672 g/mol. The first-order chi connectivity index (χ1) is 25.1. The van der Waals surface area contributed by atoms with Gasteiger partial charge in [0.2, 0.25) is 0 Å². The van der Waals surface area contributed by atoms with Crippen molar-refractivity contribution in [2.45, 2.75) is 194 Å². The molecule has 12 nitrogen and oxygen atoms in total. The predicted octanol–water partition coefficient (Wildman–Crippen LogP) is 3.47. The Kier molecular flexibility index (Phi) is 10.0. The van der Waals surface area contributed by atoms with Crippen LogP contribution in [0.4, 0.5) is 0 Å². The molecule has 19 atom stereocenters. The van der Waals surface area contributed by atoms with Crippen LogP contribution in [-0.2, 0) is 47.4 Å². The van der Waals surface area contributed by atoms with E-state index < -0.39 is 24.1 Å². The van der Waals surface area contributed by atoms with Gasteiger partial charge in [-0.05, 0) is 62.0 Å². The van der Waals surface area contributed by atoms with Crippen molar-refractivity contribution in [3.05, 3.63) is 24.3 Å². The van der Waals surface area contributed by atoms with E-state index in [1.165, 1.54) is 0 Å². The van der Waals surface area contributed by atoms with Crippen LogP contribution in [0.2, 0.25) is 0 Å². The minimum Gasteiger partial charge on any atom is -0.394 e. The summed E-state index contributed by atoms with van der Waals surface area (Å²) in [5.41, 5.74) is 2.17. The van der Waals surface area contributed by atoms with Crippen LogP contribution in [0, 0.1) is 11.8 Å². The second kappa shape index (κ2) is 14.3. The number of aliphatic hydroxyl groups is 2. The maximum absolute atomic E-state index is 14.0. The van der Waals surface area contributed by atoms with Crippen LogP contribution in [0.25, 0.3) is 0 Å². The molecule has 0 aromatic carbocycles. The normalized spacial score (nSPS) is 52.4. The molecule has 0 amide bonds. The molecule has 0 aliphatic carbocycles. The highest BCUT2D eigenvalue weighted by Gasteiger charge is 2.68. The van der Waals surface area contributed by atoms with E-state index in [-0.39, 0.29) is 123 Å². The van der Waals surface area contributed by atoms with Crippen LogP contribution >= 0.6 is 0 Å². The zero-order valence-electron chi connectivity index (χ0n) is 30.7. The maximum Gasteiger partial charge on any atom is 0.172 e. The van der Waals surface area contributed by atoms with Crippen LogP contribution in [0.1, 0.15) is 90.4 Å². The second-order valence-electron chi connectivity index (χ2n) is 17.4. The van der Waals surface area contributed by atoms with Gasteiger partial charge in [0.1, 0.15) is 36.3 Å². The van der Waals surface area contributed by atoms with E-state index >= 15 is 0 Å². The molecule has 290 valence electrons. The molecule has 0 radical (unpaired) electrons. The summed E-state index contributed by atoms with van der Waals surface area (Å²) >= 11 is 0. The van der Waals surface area contributed by atoms with E-state index in [9.17, 15) is 15.0 Å². The Labute approximate surface area is 306 Å². The van der Waals surface area contributed by atoms with Crippen LogP contribution in [-0.4, -0.2) is 133 Å². The van der Waals surface area contributed by atoms with Crippen molar-refractivity contribution < 1.29 is 57.6 Å². The summed E-state index contributed by atoms with van der Waals surface area (Å²) in [7, 11) is 1.63. The lowest BCUT2D eigenvalue weighted by Gasteiger charge is -2.47. The first-order valence-electron chi connectivity index (χ1n) is 20.1. The molecule has 52 heavy (non-hydrogen) atoms. The number of methoxy groups -OCH3 is 1. The first-order valence-corrected chi connectivity index (χ1v) is 20.1. The summed E-state index contributed by atoms with van der Waals surface area (Å²) in [4.78, 5) is 14.0. The fourth-order valence-electron chi connectivity index (χ4n) is 11.3. The Balaban J connectivity index is 0.994. The smallest absolute Gasteiger partial charge is 0.172 e. The predicted molar refractivity (Wildman–Crippen MR) is 184 cm³/mol. The number of hydrogen-bond donors (Lipinski definition) is 2. The number of carbonyl (C=O) groups is 1. The SMILES string of the molecule is C=C1C2CC3O[C@H](CC(O)CO)[C@H](OC)[C@H]3CC(=O)C[C@H]3CC[C@@H]4O[C@@H]5[C@H]6OC7C[C@](CCC8CC(=C)[C@H](CC[C@@H](C[C@H]1C)O2)O8)(O[C@H]6[C@H]4O3)O[C@@H]75. The lowest BCUT2D eigenvalue weighted by Crippen LogP contribution is -2.61. The molecule has 0 aromatic rings. The van der Waals surface area contributed by atoms with E-state index in [0.29, 0.717) is 25.7 Å². The van der Waals surface area contributed by atoms with Crippen molar-refractivity contribution in [1.82, 2.24) is 0 Å². The molecule has 10 fully saturated rings. The summed E-state index contributed by atoms with van der Waals surface area (Å²) in [6, 6.07) is 0. The Hall–Kier alpha value is -1.29. The highest BCUT2D eigenvalue weighted by molar-refractivity contribution is 5.79. The fraction of sp³-hybridized carbons (Fsp3) is 0.875. The first kappa shape index (κ1) is 36.4. The quantitative estimate of drug-likeness (QED) is 0.410. The lowest BCUT2D eigenvalue weighted by atomic mass is 9.81. The number of rotatable bonds is 4. The molecule has 5 unspecified atom stereocenters. The van der Waals surface area contributed by atoms with Gasteiger partial charge in [-0.15, -0.1) is 0 Å². The number of fused-ring (bicyclic) bond motifs is 6. The topological polar surface area (TPSA) is 141 Å². The maximum atomic E-state index is 14.0. The third kappa shape index (κ3) is 6.59. The zero-order valence-corrected chi connectivity index (χ0v) is 30.7. The monoisotopic (exact) mass is 730 g/mol. The lowest BCUT2D eigenvalue weighted by molar-refractivity contribution is -0.292. The van der Waals surface area contributed by atoms with E-state index in [2.05, 4.69) is 20.1 Å². The molecule has 10 heterocycles. The zero-order chi connectivity index (χ0) is 35.9. The van der Waals surface area contributed by atoms with Crippen molar-refractivity contribution in [3.63, 3.8) is 0 Å². The third-order valence-electron chi connectivity index (χ3n) is 13.9. The van der Waals surface area contributed by atoms with Gasteiger partial charge in [-0.3, -0.25) is 4.79 Å². The number of hydrogen-bond acceptors (Lipinski definition) is 12. The van der Waals surface area contributed by atoms with Crippen molar-refractivity contribution in [2.75, 3.05) is 13.7 Å². The summed E-state index contributed by atoms with van der Waals surface area (Å²) < 4.78 is 59.8. The molecular formula is C40H58O12. The third-order valence-corrected chi connectivity index (χ3v) is 13.9. The van der Waals surface area contributed by atoms with Gasteiger partial charge >= 0.3 is 0 Å². The minimum absolute atomic E-state index is 0.0260. The Morgan fingerprint density at radius 3 is 2.37 bits per heavy atom. The van der Waals surface area contributed by atoms with Gasteiger partial charge in [0.05, 0.1) is 73.8 Å². The van der Waals surface area contributed by atoms with Crippen LogP contribution in [0.15, 0.2) is 24.3 Å². The molecule has 10 aliphatic rings. The van der Waals surface area contributed by atoms with Gasteiger partial charge in [0.25, 0.3) is 0 Å². The largest absolute Gasteiger partial charge is 0.394 e. The summed E-state index contributed by atoms with van der Waals surface area (Å²) in [6.07, 6.45) is 4.01. The molecule has 10 aliphatic heterocycles. The van der Waals surface area contributed by atoms with Crippen molar-refractivity contribution >= 4 is 5.78 Å². The Morgan fingerprint density at radius 1 is 0.788 bits per heavy atom.